The van der Waals surface area contributed by atoms with Crippen molar-refractivity contribution < 1.29 is 33.4 Å². The van der Waals surface area contributed by atoms with Crippen LogP contribution in [0.1, 0.15) is 137 Å². The van der Waals surface area contributed by atoms with Gasteiger partial charge in [-0.05, 0) is 106 Å². The highest BCUT2D eigenvalue weighted by atomic mass is 16.5. The highest BCUT2D eigenvalue weighted by Gasteiger charge is 2.36. The van der Waals surface area contributed by atoms with Crippen LogP contribution in [0.5, 0.6) is 11.5 Å². The zero-order valence-electron chi connectivity index (χ0n) is 38.9. The van der Waals surface area contributed by atoms with Gasteiger partial charge in [-0.15, -0.1) is 0 Å². The number of carbonyl (C=O) groups excluding carboxylic acids is 5. The third kappa shape index (κ3) is 15.9. The molecule has 0 saturated carbocycles. The number of Topliss-reactive ketones (excluding diaryl/α,β-unsaturated/α-hetero) is 3. The summed E-state index contributed by atoms with van der Waals surface area (Å²) in [5.41, 5.74) is 21.7. The molecule has 0 aliphatic carbocycles. The van der Waals surface area contributed by atoms with Gasteiger partial charge in [0.05, 0.1) is 25.3 Å². The fourth-order valence-electron chi connectivity index (χ4n) is 8.31. The van der Waals surface area contributed by atoms with Crippen LogP contribution in [0.25, 0.3) is 11.1 Å². The van der Waals surface area contributed by atoms with Crippen LogP contribution >= 0.6 is 0 Å². The molecule has 13 heteroatoms. The number of nitrogens with two attached hydrogens (primary N) is 3. The van der Waals surface area contributed by atoms with E-state index in [1.807, 2.05) is 48.5 Å². The Kier molecular flexibility index (Phi) is 22.3. The number of nitriles is 1. The number of nitrogens with zero attached hydrogens (tertiary/aromatic N) is 2. The first-order valence-corrected chi connectivity index (χ1v) is 23.7. The molecule has 3 aromatic carbocycles. The normalized spacial score (nSPS) is 16.7. The molecule has 13 nitrogen and oxygen atoms in total. The summed E-state index contributed by atoms with van der Waals surface area (Å²) in [5.74, 6) is -2.47. The minimum atomic E-state index is -1.17. The molecule has 65 heavy (non-hydrogen) atoms. The second kappa shape index (κ2) is 27.8. The van der Waals surface area contributed by atoms with Crippen LogP contribution in [-0.4, -0.2) is 80.0 Å². The molecule has 0 radical (unpaired) electrons. The molecule has 1 heterocycles. The van der Waals surface area contributed by atoms with E-state index in [9.17, 15) is 29.2 Å². The number of fused-ring (bicyclic) bond motifs is 5. The molecule has 7 N–H and O–H groups in total. The smallest absolute Gasteiger partial charge is 0.226 e. The van der Waals surface area contributed by atoms with E-state index in [1.165, 1.54) is 42.6 Å². The lowest BCUT2D eigenvalue weighted by Crippen LogP contribution is -2.45. The molecule has 0 aromatic heterocycles. The Balaban J connectivity index is 1.78. The molecule has 4 atom stereocenters. The number of carbonyl (C=O) groups is 5. The lowest BCUT2D eigenvalue weighted by molar-refractivity contribution is -0.142. The highest BCUT2D eigenvalue weighted by Crippen LogP contribution is 2.41. The average molecular weight is 893 g/mol. The molecule has 4 bridgehead atoms. The van der Waals surface area contributed by atoms with Gasteiger partial charge in [0.25, 0.3) is 0 Å². The molecule has 1 aliphatic rings. The molecule has 3 aromatic rings. The molecule has 0 fully saturated rings. The second-order valence-corrected chi connectivity index (χ2v) is 17.4. The monoisotopic (exact) mass is 893 g/mol. The van der Waals surface area contributed by atoms with Crippen LogP contribution < -0.4 is 32.0 Å². The van der Waals surface area contributed by atoms with Gasteiger partial charge in [0.15, 0.2) is 17.3 Å². The summed E-state index contributed by atoms with van der Waals surface area (Å²) in [7, 11) is 1.56. The van der Waals surface area contributed by atoms with E-state index in [0.717, 1.165) is 12.8 Å². The number of ketones is 3. The van der Waals surface area contributed by atoms with Crippen LogP contribution in [-0.2, 0) is 32.0 Å². The van der Waals surface area contributed by atoms with Crippen molar-refractivity contribution >= 4 is 29.2 Å². The van der Waals surface area contributed by atoms with Gasteiger partial charge >= 0.3 is 0 Å². The summed E-state index contributed by atoms with van der Waals surface area (Å²) in [6.07, 6.45) is 9.86. The van der Waals surface area contributed by atoms with Crippen molar-refractivity contribution in [3.8, 4) is 28.7 Å². The highest BCUT2D eigenvalue weighted by molar-refractivity contribution is 6.00. The van der Waals surface area contributed by atoms with E-state index in [-0.39, 0.29) is 43.7 Å². The number of benzene rings is 3. The Morgan fingerprint density at radius 3 is 2.09 bits per heavy atom. The largest absolute Gasteiger partial charge is 0.493 e. The number of likely N-dealkylation sites (N-methyl/N-ethyl adjacent to an activating group) is 1. The number of hydrogen-bond donors (Lipinski definition) is 4. The van der Waals surface area contributed by atoms with E-state index >= 15 is 0 Å². The predicted octanol–water partition coefficient (Wildman–Crippen LogP) is 7.35. The summed E-state index contributed by atoms with van der Waals surface area (Å²) in [6.45, 7) is 5.58. The Labute approximate surface area is 386 Å². The first kappa shape index (κ1) is 52.2. The van der Waals surface area contributed by atoms with Gasteiger partial charge in [0.2, 0.25) is 11.8 Å². The number of amides is 2. The Morgan fingerprint density at radius 2 is 1.45 bits per heavy atom. The van der Waals surface area contributed by atoms with Gasteiger partial charge in [-0.3, -0.25) is 24.0 Å². The maximum Gasteiger partial charge on any atom is 0.226 e. The number of nitrogens with one attached hydrogen (secondary N) is 1. The summed E-state index contributed by atoms with van der Waals surface area (Å²) >= 11 is 0. The third-order valence-electron chi connectivity index (χ3n) is 12.1. The van der Waals surface area contributed by atoms with Crippen molar-refractivity contribution in [3.05, 3.63) is 82.9 Å². The topological polar surface area (TPSA) is 221 Å². The van der Waals surface area contributed by atoms with Crippen molar-refractivity contribution in [2.24, 2.45) is 29.0 Å². The maximum absolute atomic E-state index is 14.8. The molecule has 1 aliphatic heterocycles. The lowest BCUT2D eigenvalue weighted by Gasteiger charge is -2.32. The minimum absolute atomic E-state index is 0.0137. The predicted molar refractivity (Wildman–Crippen MR) is 254 cm³/mol. The van der Waals surface area contributed by atoms with E-state index in [1.54, 1.807) is 32.2 Å². The fraction of sp³-hybridized carbons (Fsp3) is 0.538. The summed E-state index contributed by atoms with van der Waals surface area (Å²) in [5, 5.41) is 12.1. The zero-order chi connectivity index (χ0) is 47.1. The standard InChI is InChI=1S/C52H72N6O7/c1-4-5-6-7-8-9-14-37-17-20-39(21-18-37)46(60)35-41(15-10-25-53)52(63)58(3)50-40-22-24-49(65-30-13-28-56)43(34-40)42-32-38(19-23-48(42)64-29-12-27-55)33-44(45(59)16-11-26-54)57-51(62)36(2)31-47(50)61/h17-24,32,34,36,41,44,50H,4-16,25,27-31,33,35,53,55-56H2,1-3H3,(H,57,62)/t36-,41-,44+,50+/m1/s1. The number of aryl methyl sites for hydroxylation is 1. The SMILES string of the molecule is CCCCCCCCc1ccc(C(=O)C[C@@H](CCCN)C(=O)N(C)[C@@H]2C(=O)C[C@@H](C)C(=O)N[C@H](C(=O)CCC#N)Cc3ccc(OCCCN)c(c3)-c3cc2ccc3OCCCN)cc1. The van der Waals surface area contributed by atoms with Gasteiger partial charge in [0.1, 0.15) is 17.5 Å². The van der Waals surface area contributed by atoms with Crippen LogP contribution in [0.4, 0.5) is 0 Å². The van der Waals surface area contributed by atoms with Crippen LogP contribution in [0.2, 0.25) is 0 Å². The summed E-state index contributed by atoms with van der Waals surface area (Å²) in [6, 6.07) is 18.3. The number of hydrogen-bond acceptors (Lipinski definition) is 11. The molecule has 4 rings (SSSR count). The first-order valence-electron chi connectivity index (χ1n) is 23.7. The van der Waals surface area contributed by atoms with E-state index < -0.39 is 41.5 Å². The van der Waals surface area contributed by atoms with Crippen LogP contribution in [0, 0.1) is 23.2 Å². The maximum atomic E-state index is 14.8. The molecule has 0 unspecified atom stereocenters. The third-order valence-corrected chi connectivity index (χ3v) is 12.1. The van der Waals surface area contributed by atoms with E-state index in [2.05, 4.69) is 12.2 Å². The van der Waals surface area contributed by atoms with Crippen molar-refractivity contribution in [1.82, 2.24) is 10.2 Å². The van der Waals surface area contributed by atoms with E-state index in [0.29, 0.717) is 97.8 Å². The molecular formula is C52H72N6O7. The van der Waals surface area contributed by atoms with Gasteiger partial charge in [-0.2, -0.15) is 5.26 Å². The second-order valence-electron chi connectivity index (χ2n) is 17.4. The van der Waals surface area contributed by atoms with Crippen molar-refractivity contribution in [1.29, 1.82) is 5.26 Å². The fourth-order valence-corrected chi connectivity index (χ4v) is 8.31. The number of unbranched alkanes of at least 4 members (excludes halogenated alkanes) is 5. The van der Waals surface area contributed by atoms with Crippen molar-refractivity contribution in [2.45, 2.75) is 129 Å². The quantitative estimate of drug-likeness (QED) is 0.0461. The lowest BCUT2D eigenvalue weighted by atomic mass is 9.88. The van der Waals surface area contributed by atoms with Gasteiger partial charge < -0.3 is 36.9 Å². The van der Waals surface area contributed by atoms with Gasteiger partial charge in [0, 0.05) is 61.3 Å². The minimum Gasteiger partial charge on any atom is -0.493 e. The molecule has 0 saturated heterocycles. The molecule has 2 amide bonds. The van der Waals surface area contributed by atoms with Gasteiger partial charge in [-0.1, -0.05) is 82.3 Å². The van der Waals surface area contributed by atoms with Crippen LogP contribution in [0.15, 0.2) is 60.7 Å². The van der Waals surface area contributed by atoms with Crippen LogP contribution in [0.3, 0.4) is 0 Å². The molecular weight excluding hydrogens is 821 g/mol. The van der Waals surface area contributed by atoms with Crippen molar-refractivity contribution in [3.63, 3.8) is 0 Å². The Morgan fingerprint density at radius 1 is 0.815 bits per heavy atom. The first-order chi connectivity index (χ1) is 31.4. The zero-order valence-corrected chi connectivity index (χ0v) is 38.9. The summed E-state index contributed by atoms with van der Waals surface area (Å²) in [4.78, 5) is 72.2. The Hall–Kier alpha value is -5.42. The number of ether oxygens (including phenoxy) is 2. The van der Waals surface area contributed by atoms with Crippen molar-refractivity contribution in [2.75, 3.05) is 39.9 Å². The Bertz CT molecular complexity index is 2060. The number of rotatable bonds is 26. The molecule has 0 spiro atoms. The van der Waals surface area contributed by atoms with Gasteiger partial charge in [-0.25, -0.2) is 0 Å². The average Bonchev–Trinajstić information content (AvgIpc) is 3.30. The summed E-state index contributed by atoms with van der Waals surface area (Å²) < 4.78 is 12.6. The molecule has 352 valence electrons. The van der Waals surface area contributed by atoms with E-state index in [4.69, 9.17) is 26.7 Å².